The van der Waals surface area contributed by atoms with Crippen molar-refractivity contribution >= 4 is 16.8 Å². The van der Waals surface area contributed by atoms with Gasteiger partial charge in [0.1, 0.15) is 0 Å². The largest absolute Gasteiger partial charge is 0.416 e. The van der Waals surface area contributed by atoms with E-state index in [1.54, 1.807) is 6.07 Å². The molecule has 1 amide bonds. The molecule has 4 rings (SSSR count). The molecule has 1 aliphatic heterocycles. The molecule has 0 saturated carbocycles. The summed E-state index contributed by atoms with van der Waals surface area (Å²) in [5.41, 5.74) is 1.57. The van der Waals surface area contributed by atoms with Crippen LogP contribution < -0.4 is 0 Å². The molecule has 6 heteroatoms. The first-order valence-electron chi connectivity index (χ1n) is 9.44. The third-order valence-electron chi connectivity index (χ3n) is 5.45. The first-order chi connectivity index (χ1) is 13.4. The van der Waals surface area contributed by atoms with Crippen LogP contribution >= 0.6 is 0 Å². The summed E-state index contributed by atoms with van der Waals surface area (Å²) in [6.07, 6.45) is -0.490. The van der Waals surface area contributed by atoms with Crippen molar-refractivity contribution in [2.75, 3.05) is 13.1 Å². The summed E-state index contributed by atoms with van der Waals surface area (Å²) in [5, 5.41) is 0.930. The van der Waals surface area contributed by atoms with Gasteiger partial charge >= 0.3 is 6.18 Å². The number of hydrogen-bond donors (Lipinski definition) is 1. The van der Waals surface area contributed by atoms with Gasteiger partial charge in [0.25, 0.3) is 0 Å². The van der Waals surface area contributed by atoms with Gasteiger partial charge in [-0.25, -0.2) is 0 Å². The first kappa shape index (κ1) is 18.6. The number of likely N-dealkylation sites (tertiary alicyclic amines) is 1. The molecule has 1 aromatic heterocycles. The highest BCUT2D eigenvalue weighted by Crippen LogP contribution is 2.37. The molecule has 1 aliphatic rings. The number of aromatic amines is 1. The summed E-state index contributed by atoms with van der Waals surface area (Å²) in [4.78, 5) is 17.8. The van der Waals surface area contributed by atoms with Crippen molar-refractivity contribution < 1.29 is 18.0 Å². The van der Waals surface area contributed by atoms with E-state index < -0.39 is 17.7 Å². The Kier molecular flexibility index (Phi) is 4.87. The molecule has 0 aliphatic carbocycles. The van der Waals surface area contributed by atoms with E-state index in [-0.39, 0.29) is 12.3 Å². The van der Waals surface area contributed by atoms with E-state index in [4.69, 9.17) is 0 Å². The van der Waals surface area contributed by atoms with Gasteiger partial charge in [0.05, 0.1) is 5.56 Å². The maximum Gasteiger partial charge on any atom is 0.416 e. The molecule has 3 nitrogen and oxygen atoms in total. The van der Waals surface area contributed by atoms with E-state index >= 15 is 0 Å². The number of para-hydroxylation sites is 1. The van der Waals surface area contributed by atoms with Crippen molar-refractivity contribution in [3.05, 3.63) is 71.4 Å². The number of alkyl halides is 3. The van der Waals surface area contributed by atoms with Gasteiger partial charge in [-0.1, -0.05) is 36.4 Å². The Morgan fingerprint density at radius 3 is 2.57 bits per heavy atom. The fourth-order valence-corrected chi connectivity index (χ4v) is 3.99. The van der Waals surface area contributed by atoms with E-state index in [2.05, 4.69) is 4.98 Å². The van der Waals surface area contributed by atoms with Gasteiger partial charge in [-0.15, -0.1) is 0 Å². The zero-order chi connectivity index (χ0) is 19.7. The van der Waals surface area contributed by atoms with Crippen LogP contribution in [0.15, 0.2) is 54.7 Å². The van der Waals surface area contributed by atoms with E-state index in [0.717, 1.165) is 48.5 Å². The number of aromatic nitrogens is 1. The van der Waals surface area contributed by atoms with Gasteiger partial charge in [0.15, 0.2) is 0 Å². The molecule has 3 aromatic rings. The Labute approximate surface area is 161 Å². The second-order valence-corrected chi connectivity index (χ2v) is 7.26. The summed E-state index contributed by atoms with van der Waals surface area (Å²) in [5.74, 6) is -0.447. The smallest absolute Gasteiger partial charge is 0.361 e. The van der Waals surface area contributed by atoms with Crippen LogP contribution in [0.1, 0.15) is 41.9 Å². The minimum absolute atomic E-state index is 0.00908. The van der Waals surface area contributed by atoms with Crippen LogP contribution in [0, 0.1) is 0 Å². The van der Waals surface area contributed by atoms with Crippen molar-refractivity contribution in [3.8, 4) is 0 Å². The normalized spacial score (nSPS) is 15.9. The van der Waals surface area contributed by atoms with Crippen molar-refractivity contribution in [1.29, 1.82) is 0 Å². The first-order valence-corrected chi connectivity index (χ1v) is 9.44. The summed E-state index contributed by atoms with van der Waals surface area (Å²) >= 11 is 0. The Balaban J connectivity index is 1.76. The van der Waals surface area contributed by atoms with Crippen LogP contribution in [0.4, 0.5) is 13.2 Å². The minimum atomic E-state index is -4.42. The summed E-state index contributed by atoms with van der Waals surface area (Å²) < 4.78 is 39.8. The fourth-order valence-electron chi connectivity index (χ4n) is 3.99. The van der Waals surface area contributed by atoms with Gasteiger partial charge in [-0.05, 0) is 36.1 Å². The average Bonchev–Trinajstić information content (AvgIpc) is 3.35. The highest BCUT2D eigenvalue weighted by atomic mass is 19.4. The molecule has 0 bridgehead atoms. The van der Waals surface area contributed by atoms with Crippen LogP contribution in [0.3, 0.4) is 0 Å². The van der Waals surface area contributed by atoms with Crippen molar-refractivity contribution in [2.45, 2.75) is 31.4 Å². The van der Waals surface area contributed by atoms with Crippen LogP contribution in [-0.4, -0.2) is 28.9 Å². The van der Waals surface area contributed by atoms with Crippen LogP contribution in [0.2, 0.25) is 0 Å². The van der Waals surface area contributed by atoms with E-state index in [1.807, 2.05) is 35.4 Å². The predicted molar refractivity (Wildman–Crippen MR) is 102 cm³/mol. The van der Waals surface area contributed by atoms with Gasteiger partial charge in [0.2, 0.25) is 5.91 Å². The zero-order valence-electron chi connectivity index (χ0n) is 15.3. The maximum absolute atomic E-state index is 13.3. The van der Waals surface area contributed by atoms with Gasteiger partial charge in [-0.2, -0.15) is 13.2 Å². The number of carbonyl (C=O) groups excluding carboxylic acids is 1. The van der Waals surface area contributed by atoms with Gasteiger partial charge < -0.3 is 9.88 Å². The Morgan fingerprint density at radius 1 is 1.07 bits per heavy atom. The maximum atomic E-state index is 13.3. The molecule has 2 aromatic carbocycles. The Bertz CT molecular complexity index is 987. The second-order valence-electron chi connectivity index (χ2n) is 7.26. The summed E-state index contributed by atoms with van der Waals surface area (Å²) in [7, 11) is 0. The minimum Gasteiger partial charge on any atom is -0.361 e. The Morgan fingerprint density at radius 2 is 1.82 bits per heavy atom. The number of halogens is 3. The molecule has 146 valence electrons. The lowest BCUT2D eigenvalue weighted by Crippen LogP contribution is -2.29. The highest BCUT2D eigenvalue weighted by Gasteiger charge is 2.32. The second kappa shape index (κ2) is 7.34. The lowest BCUT2D eigenvalue weighted by atomic mass is 9.87. The number of H-pyrrole nitrogens is 1. The zero-order valence-corrected chi connectivity index (χ0v) is 15.3. The average molecular weight is 386 g/mol. The quantitative estimate of drug-likeness (QED) is 0.646. The van der Waals surface area contributed by atoms with Crippen LogP contribution in [0.25, 0.3) is 10.9 Å². The van der Waals surface area contributed by atoms with Gasteiger partial charge in [0, 0.05) is 42.5 Å². The monoisotopic (exact) mass is 386 g/mol. The summed E-state index contributed by atoms with van der Waals surface area (Å²) in [6.45, 7) is 1.45. The molecule has 0 spiro atoms. The molecule has 0 unspecified atom stereocenters. The van der Waals surface area contributed by atoms with Crippen LogP contribution in [0.5, 0.6) is 0 Å². The number of amides is 1. The van der Waals surface area contributed by atoms with Crippen molar-refractivity contribution in [2.24, 2.45) is 0 Å². The third-order valence-corrected chi connectivity index (χ3v) is 5.45. The standard InChI is InChI=1S/C22H21F3N2O/c23-22(24,25)16-7-5-6-15(12-16)18(13-21(28)27-10-3-4-11-27)19-14-26-20-9-2-1-8-17(19)20/h1-2,5-9,12,14,18,26H,3-4,10-11,13H2/t18-/m1/s1. The number of hydrogen-bond acceptors (Lipinski definition) is 1. The molecule has 28 heavy (non-hydrogen) atoms. The van der Waals surface area contributed by atoms with E-state index in [0.29, 0.717) is 5.56 Å². The lowest BCUT2D eigenvalue weighted by molar-refractivity contribution is -0.137. The summed E-state index contributed by atoms with van der Waals surface area (Å²) in [6, 6.07) is 13.0. The SMILES string of the molecule is O=C(C[C@H](c1cccc(C(F)(F)F)c1)c1c[nH]c2ccccc12)N1CCCC1. The number of carbonyl (C=O) groups is 1. The molecule has 0 radical (unpaired) electrons. The molecule has 1 saturated heterocycles. The number of fused-ring (bicyclic) bond motifs is 1. The molecule has 1 N–H and O–H groups in total. The van der Waals surface area contributed by atoms with Gasteiger partial charge in [-0.3, -0.25) is 4.79 Å². The third kappa shape index (κ3) is 3.63. The molecule has 2 heterocycles. The number of nitrogens with one attached hydrogen (secondary N) is 1. The highest BCUT2D eigenvalue weighted by molar-refractivity contribution is 5.86. The fraction of sp³-hybridized carbons (Fsp3) is 0.318. The Hall–Kier alpha value is -2.76. The number of rotatable bonds is 4. The van der Waals surface area contributed by atoms with Crippen molar-refractivity contribution in [1.82, 2.24) is 9.88 Å². The molecular weight excluding hydrogens is 365 g/mol. The molecular formula is C22H21F3N2O. The molecule has 1 atom stereocenters. The van der Waals surface area contributed by atoms with Crippen LogP contribution in [-0.2, 0) is 11.0 Å². The van der Waals surface area contributed by atoms with E-state index in [9.17, 15) is 18.0 Å². The lowest BCUT2D eigenvalue weighted by Gasteiger charge is -2.22. The van der Waals surface area contributed by atoms with Crippen molar-refractivity contribution in [3.63, 3.8) is 0 Å². The van der Waals surface area contributed by atoms with E-state index in [1.165, 1.54) is 12.1 Å². The topological polar surface area (TPSA) is 36.1 Å². The number of nitrogens with zero attached hydrogens (tertiary/aromatic N) is 1. The predicted octanol–water partition coefficient (Wildman–Crippen LogP) is 5.33. The molecule has 1 fully saturated rings. The number of benzene rings is 2.